The van der Waals surface area contributed by atoms with Crippen molar-refractivity contribution in [2.45, 2.75) is 43.4 Å². The number of para-hydroxylation sites is 1. The molecule has 1 aliphatic carbocycles. The number of nitrogens with zero attached hydrogens (tertiary/aromatic N) is 2. The molecule has 170 valence electrons. The fraction of sp³-hybridized carbons (Fsp3) is 0.393. The first kappa shape index (κ1) is 20.8. The minimum Gasteiger partial charge on any atom is -0.385 e. The van der Waals surface area contributed by atoms with E-state index in [9.17, 15) is 9.90 Å². The molecule has 2 atom stereocenters. The zero-order valence-electron chi connectivity index (χ0n) is 19.0. The number of benzene rings is 3. The SMILES string of the molecule is COCCC1(O)C(=O)N(C2CCN(C3Cc4cccc5cccc3c45)CC2)c2ccccc21. The van der Waals surface area contributed by atoms with Crippen LogP contribution in [0.3, 0.4) is 0 Å². The highest BCUT2D eigenvalue weighted by Gasteiger charge is 2.51. The molecule has 0 aromatic heterocycles. The Bertz CT molecular complexity index is 1210. The van der Waals surface area contributed by atoms with Crippen molar-refractivity contribution in [1.82, 2.24) is 4.90 Å². The molecule has 1 N–H and O–H groups in total. The van der Waals surface area contributed by atoms with Crippen molar-refractivity contribution < 1.29 is 14.6 Å². The first-order chi connectivity index (χ1) is 16.1. The Kier molecular flexibility index (Phi) is 5.02. The predicted molar refractivity (Wildman–Crippen MR) is 129 cm³/mol. The smallest absolute Gasteiger partial charge is 0.264 e. The third-order valence-corrected chi connectivity index (χ3v) is 7.95. The van der Waals surface area contributed by atoms with Crippen LogP contribution in [0.4, 0.5) is 5.69 Å². The van der Waals surface area contributed by atoms with Crippen LogP contribution in [-0.2, 0) is 21.6 Å². The number of aliphatic hydroxyl groups is 1. The highest BCUT2D eigenvalue weighted by Crippen LogP contribution is 2.46. The number of methoxy groups -OCH3 is 1. The van der Waals surface area contributed by atoms with E-state index in [0.717, 1.165) is 38.0 Å². The molecule has 3 aliphatic rings. The summed E-state index contributed by atoms with van der Waals surface area (Å²) in [6.07, 6.45) is 3.15. The van der Waals surface area contributed by atoms with E-state index in [2.05, 4.69) is 41.3 Å². The summed E-state index contributed by atoms with van der Waals surface area (Å²) in [7, 11) is 1.60. The normalized spacial score (nSPS) is 25.2. The van der Waals surface area contributed by atoms with Gasteiger partial charge in [-0.05, 0) is 47.2 Å². The second kappa shape index (κ2) is 7.94. The van der Waals surface area contributed by atoms with Gasteiger partial charge in [0.25, 0.3) is 5.91 Å². The lowest BCUT2D eigenvalue weighted by Crippen LogP contribution is -2.50. The van der Waals surface area contributed by atoms with Crippen molar-refractivity contribution >= 4 is 22.4 Å². The summed E-state index contributed by atoms with van der Waals surface area (Å²) >= 11 is 0. The van der Waals surface area contributed by atoms with Crippen molar-refractivity contribution in [3.63, 3.8) is 0 Å². The number of piperidine rings is 1. The lowest BCUT2D eigenvalue weighted by Gasteiger charge is -2.40. The van der Waals surface area contributed by atoms with E-state index in [1.54, 1.807) is 7.11 Å². The second-order valence-electron chi connectivity index (χ2n) is 9.64. The molecule has 2 heterocycles. The van der Waals surface area contributed by atoms with Crippen molar-refractivity contribution in [2.75, 3.05) is 31.7 Å². The molecule has 0 spiro atoms. The van der Waals surface area contributed by atoms with Gasteiger partial charge in [-0.3, -0.25) is 9.69 Å². The molecule has 3 aromatic carbocycles. The molecular weight excluding hydrogens is 412 g/mol. The first-order valence-electron chi connectivity index (χ1n) is 12.0. The molecule has 33 heavy (non-hydrogen) atoms. The highest BCUT2D eigenvalue weighted by atomic mass is 16.5. The van der Waals surface area contributed by atoms with E-state index < -0.39 is 5.60 Å². The van der Waals surface area contributed by atoms with Crippen molar-refractivity contribution in [3.8, 4) is 0 Å². The lowest BCUT2D eigenvalue weighted by atomic mass is 9.92. The third kappa shape index (κ3) is 3.14. The maximum absolute atomic E-state index is 13.5. The Morgan fingerprint density at radius 2 is 1.79 bits per heavy atom. The number of rotatable bonds is 5. The number of ether oxygens (including phenoxy) is 1. The van der Waals surface area contributed by atoms with Gasteiger partial charge in [0.05, 0.1) is 5.69 Å². The topological polar surface area (TPSA) is 53.0 Å². The average molecular weight is 443 g/mol. The molecule has 5 nitrogen and oxygen atoms in total. The number of amides is 1. The van der Waals surface area contributed by atoms with Gasteiger partial charge in [0.15, 0.2) is 5.60 Å². The van der Waals surface area contributed by atoms with Crippen LogP contribution in [0.15, 0.2) is 60.7 Å². The second-order valence-corrected chi connectivity index (χ2v) is 9.64. The summed E-state index contributed by atoms with van der Waals surface area (Å²) in [5.41, 5.74) is 2.97. The van der Waals surface area contributed by atoms with E-state index in [1.807, 2.05) is 29.2 Å². The van der Waals surface area contributed by atoms with Crippen LogP contribution in [0, 0.1) is 0 Å². The van der Waals surface area contributed by atoms with Crippen molar-refractivity contribution in [3.05, 3.63) is 77.4 Å². The first-order valence-corrected chi connectivity index (χ1v) is 12.0. The van der Waals surface area contributed by atoms with E-state index in [1.165, 1.54) is 21.9 Å². The number of carbonyl (C=O) groups excluding carboxylic acids is 1. The van der Waals surface area contributed by atoms with E-state index in [-0.39, 0.29) is 18.4 Å². The van der Waals surface area contributed by atoms with Crippen LogP contribution < -0.4 is 4.90 Å². The molecule has 0 saturated carbocycles. The average Bonchev–Trinajstić information content (AvgIpc) is 3.33. The minimum atomic E-state index is -1.49. The fourth-order valence-corrected chi connectivity index (χ4v) is 6.31. The van der Waals surface area contributed by atoms with Gasteiger partial charge in [-0.1, -0.05) is 54.6 Å². The molecular formula is C28H30N2O3. The van der Waals surface area contributed by atoms with Gasteiger partial charge >= 0.3 is 0 Å². The van der Waals surface area contributed by atoms with Gasteiger partial charge in [-0.15, -0.1) is 0 Å². The molecule has 0 bridgehead atoms. The van der Waals surface area contributed by atoms with Crippen molar-refractivity contribution in [2.24, 2.45) is 0 Å². The number of fused-ring (bicyclic) bond motifs is 1. The van der Waals surface area contributed by atoms with E-state index >= 15 is 0 Å². The predicted octanol–water partition coefficient (Wildman–Crippen LogP) is 4.17. The molecule has 2 aliphatic heterocycles. The molecule has 6 rings (SSSR count). The van der Waals surface area contributed by atoms with Gasteiger partial charge in [0, 0.05) is 50.9 Å². The van der Waals surface area contributed by atoms with Gasteiger partial charge in [-0.25, -0.2) is 0 Å². The molecule has 3 aromatic rings. The Balaban J connectivity index is 1.22. The molecule has 1 saturated heterocycles. The van der Waals surface area contributed by atoms with Gasteiger partial charge in [0.2, 0.25) is 0 Å². The number of hydrogen-bond acceptors (Lipinski definition) is 4. The van der Waals surface area contributed by atoms with E-state index in [0.29, 0.717) is 18.2 Å². The van der Waals surface area contributed by atoms with Crippen LogP contribution in [0.5, 0.6) is 0 Å². The maximum Gasteiger partial charge on any atom is 0.264 e. The van der Waals surface area contributed by atoms with Crippen LogP contribution in [0.2, 0.25) is 0 Å². The number of carbonyl (C=O) groups is 1. The van der Waals surface area contributed by atoms with Crippen molar-refractivity contribution in [1.29, 1.82) is 0 Å². The number of hydrogen-bond donors (Lipinski definition) is 1. The zero-order valence-corrected chi connectivity index (χ0v) is 19.0. The van der Waals surface area contributed by atoms with Gasteiger partial charge in [-0.2, -0.15) is 0 Å². The molecule has 1 fully saturated rings. The summed E-state index contributed by atoms with van der Waals surface area (Å²) in [6, 6.07) is 21.5. The Morgan fingerprint density at radius 1 is 1.03 bits per heavy atom. The van der Waals surface area contributed by atoms with E-state index in [4.69, 9.17) is 4.74 Å². The highest BCUT2D eigenvalue weighted by molar-refractivity contribution is 6.07. The summed E-state index contributed by atoms with van der Waals surface area (Å²) < 4.78 is 5.20. The molecule has 5 heteroatoms. The summed E-state index contributed by atoms with van der Waals surface area (Å²) in [4.78, 5) is 18.0. The number of likely N-dealkylation sites (tertiary alicyclic amines) is 1. The Morgan fingerprint density at radius 3 is 2.58 bits per heavy atom. The standard InChI is InChI=1S/C28H30N2O3/c1-33-17-14-28(32)23-10-2-3-11-24(23)30(27(28)31)21-12-15-29(16-13-21)25-18-20-8-4-6-19-7-5-9-22(25)26(19)20/h2-11,21,25,32H,12-18H2,1H3. The third-order valence-electron chi connectivity index (χ3n) is 7.95. The minimum absolute atomic E-state index is 0.103. The van der Waals surface area contributed by atoms with Gasteiger partial charge in [0.1, 0.15) is 0 Å². The Hall–Kier alpha value is -2.73. The van der Waals surface area contributed by atoms with Crippen LogP contribution in [-0.4, -0.2) is 48.8 Å². The summed E-state index contributed by atoms with van der Waals surface area (Å²) in [5, 5.41) is 14.1. The largest absolute Gasteiger partial charge is 0.385 e. The summed E-state index contributed by atoms with van der Waals surface area (Å²) in [5.74, 6) is -0.197. The quantitative estimate of drug-likeness (QED) is 0.644. The maximum atomic E-state index is 13.5. The lowest BCUT2D eigenvalue weighted by molar-refractivity contribution is -0.138. The monoisotopic (exact) mass is 442 g/mol. The van der Waals surface area contributed by atoms with Crippen LogP contribution in [0.25, 0.3) is 10.8 Å². The molecule has 0 radical (unpaired) electrons. The molecule has 1 amide bonds. The van der Waals surface area contributed by atoms with Gasteiger partial charge < -0.3 is 14.7 Å². The van der Waals surface area contributed by atoms with Crippen LogP contribution in [0.1, 0.15) is 42.0 Å². The summed E-state index contributed by atoms with van der Waals surface area (Å²) in [6.45, 7) is 2.24. The number of anilines is 1. The fourth-order valence-electron chi connectivity index (χ4n) is 6.31. The molecule has 2 unspecified atom stereocenters. The van der Waals surface area contributed by atoms with Crippen LogP contribution >= 0.6 is 0 Å². The zero-order chi connectivity index (χ0) is 22.6. The Labute approximate surface area is 194 Å².